The van der Waals surface area contributed by atoms with Gasteiger partial charge in [-0.1, -0.05) is 18.2 Å². The van der Waals surface area contributed by atoms with Gasteiger partial charge in [0.05, 0.1) is 13.0 Å². The molecule has 0 saturated heterocycles. The molecule has 0 aliphatic carbocycles. The van der Waals surface area contributed by atoms with Crippen LogP contribution in [-0.2, 0) is 17.8 Å². The van der Waals surface area contributed by atoms with Crippen molar-refractivity contribution in [2.75, 3.05) is 0 Å². The number of aryl methyl sites for hydroxylation is 1. The quantitative estimate of drug-likeness (QED) is 0.867. The average Bonchev–Trinajstić information content (AvgIpc) is 2.76. The molecule has 2 rings (SSSR count). The molecule has 1 heterocycles. The number of benzene rings is 1. The Kier molecular flexibility index (Phi) is 3.67. The molecule has 4 nitrogen and oxygen atoms in total. The van der Waals surface area contributed by atoms with E-state index in [2.05, 4.69) is 5.32 Å². The Morgan fingerprint density at radius 2 is 2.06 bits per heavy atom. The van der Waals surface area contributed by atoms with Gasteiger partial charge in [0.1, 0.15) is 17.3 Å². The Morgan fingerprint density at radius 3 is 2.72 bits per heavy atom. The van der Waals surface area contributed by atoms with E-state index < -0.39 is 0 Å². The first-order valence-corrected chi connectivity index (χ1v) is 5.74. The molecule has 0 spiro atoms. The van der Waals surface area contributed by atoms with Gasteiger partial charge in [0.2, 0.25) is 5.91 Å². The van der Waals surface area contributed by atoms with E-state index in [1.54, 1.807) is 24.3 Å². The first-order valence-electron chi connectivity index (χ1n) is 5.74. The predicted molar refractivity (Wildman–Crippen MR) is 67.1 cm³/mol. The van der Waals surface area contributed by atoms with Gasteiger partial charge in [-0.2, -0.15) is 0 Å². The lowest BCUT2D eigenvalue weighted by Crippen LogP contribution is -2.24. The first-order chi connectivity index (χ1) is 8.65. The second-order valence-corrected chi connectivity index (χ2v) is 4.09. The van der Waals surface area contributed by atoms with Gasteiger partial charge in [0.25, 0.3) is 0 Å². The molecule has 0 atom stereocenters. The molecule has 94 valence electrons. The number of furan rings is 1. The van der Waals surface area contributed by atoms with E-state index in [9.17, 15) is 9.90 Å². The number of carbonyl (C=O) groups is 1. The van der Waals surface area contributed by atoms with Crippen molar-refractivity contribution in [1.82, 2.24) is 5.32 Å². The number of phenolic OH excluding ortho intramolecular Hbond substituents is 1. The smallest absolute Gasteiger partial charge is 0.224 e. The fraction of sp³-hybridized carbons (Fsp3) is 0.214. The van der Waals surface area contributed by atoms with Gasteiger partial charge in [-0.25, -0.2) is 0 Å². The van der Waals surface area contributed by atoms with Crippen molar-refractivity contribution in [2.24, 2.45) is 0 Å². The zero-order valence-electron chi connectivity index (χ0n) is 10.1. The number of rotatable bonds is 4. The average molecular weight is 245 g/mol. The largest absolute Gasteiger partial charge is 0.508 e. The zero-order chi connectivity index (χ0) is 13.0. The lowest BCUT2D eigenvalue weighted by atomic mass is 10.1. The summed E-state index contributed by atoms with van der Waals surface area (Å²) in [4.78, 5) is 11.7. The van der Waals surface area contributed by atoms with Gasteiger partial charge in [-0.15, -0.1) is 0 Å². The lowest BCUT2D eigenvalue weighted by molar-refractivity contribution is -0.120. The molecule has 18 heavy (non-hydrogen) atoms. The van der Waals surface area contributed by atoms with Gasteiger partial charge in [0.15, 0.2) is 0 Å². The highest BCUT2D eigenvalue weighted by Crippen LogP contribution is 2.15. The third-order valence-corrected chi connectivity index (χ3v) is 2.60. The minimum Gasteiger partial charge on any atom is -0.508 e. The zero-order valence-corrected chi connectivity index (χ0v) is 10.1. The Balaban J connectivity index is 1.88. The van der Waals surface area contributed by atoms with Crippen molar-refractivity contribution in [3.8, 4) is 5.75 Å². The van der Waals surface area contributed by atoms with Crippen LogP contribution in [0.3, 0.4) is 0 Å². The van der Waals surface area contributed by atoms with Crippen molar-refractivity contribution in [2.45, 2.75) is 19.9 Å². The molecule has 0 bridgehead atoms. The molecule has 1 aromatic carbocycles. The fourth-order valence-corrected chi connectivity index (χ4v) is 1.66. The number of hydrogen-bond donors (Lipinski definition) is 2. The number of aromatic hydroxyl groups is 1. The summed E-state index contributed by atoms with van der Waals surface area (Å²) < 4.78 is 5.34. The van der Waals surface area contributed by atoms with Crippen LogP contribution in [0.1, 0.15) is 17.1 Å². The summed E-state index contributed by atoms with van der Waals surface area (Å²) in [6.07, 6.45) is 0.159. The van der Waals surface area contributed by atoms with Gasteiger partial charge in [-0.3, -0.25) is 4.79 Å². The molecule has 1 amide bonds. The van der Waals surface area contributed by atoms with Crippen molar-refractivity contribution in [3.05, 3.63) is 53.5 Å². The van der Waals surface area contributed by atoms with Gasteiger partial charge >= 0.3 is 0 Å². The lowest BCUT2D eigenvalue weighted by Gasteiger charge is -2.05. The van der Waals surface area contributed by atoms with Crippen molar-refractivity contribution in [3.63, 3.8) is 0 Å². The minimum atomic E-state index is -0.148. The topological polar surface area (TPSA) is 62.5 Å². The summed E-state index contributed by atoms with van der Waals surface area (Å²) in [6.45, 7) is 2.22. The van der Waals surface area contributed by atoms with E-state index in [-0.39, 0.29) is 18.1 Å². The second kappa shape index (κ2) is 5.40. The molecule has 0 unspecified atom stereocenters. The maximum Gasteiger partial charge on any atom is 0.224 e. The SMILES string of the molecule is Cc1ccc(CNC(=O)Cc2ccccc2O)o1. The summed E-state index contributed by atoms with van der Waals surface area (Å²) >= 11 is 0. The van der Waals surface area contributed by atoms with E-state index >= 15 is 0 Å². The summed E-state index contributed by atoms with van der Waals surface area (Å²) in [5.41, 5.74) is 0.616. The Bertz CT molecular complexity index is 545. The summed E-state index contributed by atoms with van der Waals surface area (Å²) in [6, 6.07) is 10.5. The number of phenols is 1. The molecule has 2 N–H and O–H groups in total. The van der Waals surface area contributed by atoms with Crippen molar-refractivity contribution in [1.29, 1.82) is 0 Å². The summed E-state index contributed by atoms with van der Waals surface area (Å²) in [7, 11) is 0. The minimum absolute atomic E-state index is 0.140. The van der Waals surface area contributed by atoms with E-state index in [0.717, 1.165) is 11.5 Å². The van der Waals surface area contributed by atoms with Crippen LogP contribution >= 0.6 is 0 Å². The van der Waals surface area contributed by atoms with Crippen LogP contribution in [-0.4, -0.2) is 11.0 Å². The van der Waals surface area contributed by atoms with Crippen molar-refractivity contribution >= 4 is 5.91 Å². The third-order valence-electron chi connectivity index (χ3n) is 2.60. The summed E-state index contributed by atoms with van der Waals surface area (Å²) in [5.74, 6) is 1.53. The van der Waals surface area contributed by atoms with Crippen LogP contribution in [0.5, 0.6) is 5.75 Å². The van der Waals surface area contributed by atoms with Crippen LogP contribution in [0.2, 0.25) is 0 Å². The van der Waals surface area contributed by atoms with E-state index in [1.807, 2.05) is 19.1 Å². The maximum atomic E-state index is 11.7. The third kappa shape index (κ3) is 3.13. The van der Waals surface area contributed by atoms with E-state index in [1.165, 1.54) is 0 Å². The normalized spacial score (nSPS) is 10.3. The molecule has 4 heteroatoms. The molecule has 1 aromatic heterocycles. The number of amides is 1. The standard InChI is InChI=1S/C14H15NO3/c1-10-6-7-12(18-10)9-15-14(17)8-11-4-2-3-5-13(11)16/h2-7,16H,8-9H2,1H3,(H,15,17). The fourth-order valence-electron chi connectivity index (χ4n) is 1.66. The van der Waals surface area contributed by atoms with Crippen LogP contribution < -0.4 is 5.32 Å². The highest BCUT2D eigenvalue weighted by Gasteiger charge is 2.07. The van der Waals surface area contributed by atoms with Crippen LogP contribution in [0, 0.1) is 6.92 Å². The van der Waals surface area contributed by atoms with Gasteiger partial charge in [0, 0.05) is 5.56 Å². The number of para-hydroxylation sites is 1. The highest BCUT2D eigenvalue weighted by molar-refractivity contribution is 5.79. The molecule has 2 aromatic rings. The monoisotopic (exact) mass is 245 g/mol. The number of carbonyl (C=O) groups excluding carboxylic acids is 1. The molecule has 0 radical (unpaired) electrons. The summed E-state index contributed by atoms with van der Waals surface area (Å²) in [5, 5.41) is 12.3. The van der Waals surface area contributed by atoms with Gasteiger partial charge in [-0.05, 0) is 25.1 Å². The first kappa shape index (κ1) is 12.2. The van der Waals surface area contributed by atoms with E-state index in [4.69, 9.17) is 4.42 Å². The highest BCUT2D eigenvalue weighted by atomic mass is 16.3. The Labute approximate surface area is 105 Å². The molecule has 0 saturated carbocycles. The maximum absolute atomic E-state index is 11.7. The van der Waals surface area contributed by atoms with E-state index in [0.29, 0.717) is 12.1 Å². The van der Waals surface area contributed by atoms with Crippen LogP contribution in [0.4, 0.5) is 0 Å². The van der Waals surface area contributed by atoms with Crippen LogP contribution in [0.15, 0.2) is 40.8 Å². The molecule has 0 fully saturated rings. The number of nitrogens with one attached hydrogen (secondary N) is 1. The number of hydrogen-bond acceptors (Lipinski definition) is 3. The predicted octanol–water partition coefficient (Wildman–Crippen LogP) is 2.15. The Morgan fingerprint density at radius 1 is 1.28 bits per heavy atom. The Hall–Kier alpha value is -2.23. The van der Waals surface area contributed by atoms with Gasteiger partial charge < -0.3 is 14.8 Å². The second-order valence-electron chi connectivity index (χ2n) is 4.09. The molecular weight excluding hydrogens is 230 g/mol. The van der Waals surface area contributed by atoms with Crippen LogP contribution in [0.25, 0.3) is 0 Å². The molecular formula is C14H15NO3. The molecule has 0 aliphatic heterocycles. The van der Waals surface area contributed by atoms with Crippen molar-refractivity contribution < 1.29 is 14.3 Å². The molecule has 0 aliphatic rings.